The summed E-state index contributed by atoms with van der Waals surface area (Å²) in [5.41, 5.74) is 0.452. The second-order valence-electron chi connectivity index (χ2n) is 6.89. The Labute approximate surface area is 159 Å². The van der Waals surface area contributed by atoms with E-state index in [0.717, 1.165) is 6.07 Å². The van der Waals surface area contributed by atoms with Gasteiger partial charge in [0.1, 0.15) is 23.0 Å². The molecule has 0 spiro atoms. The molecular weight excluding hydrogens is 364 g/mol. The zero-order valence-electron chi connectivity index (χ0n) is 14.9. The van der Waals surface area contributed by atoms with Crippen molar-refractivity contribution in [1.82, 2.24) is 0 Å². The molecule has 4 rings (SSSR count). The van der Waals surface area contributed by atoms with Crippen LogP contribution in [0.2, 0.25) is 0 Å². The number of fused-ring (bicyclic) bond motifs is 2. The molecule has 0 radical (unpaired) electrons. The third-order valence-corrected chi connectivity index (χ3v) is 5.11. The van der Waals surface area contributed by atoms with Crippen molar-refractivity contribution in [2.24, 2.45) is 0 Å². The molecule has 3 aromatic carbocycles. The lowest BCUT2D eigenvalue weighted by Crippen LogP contribution is -2.30. The molecule has 144 valence electrons. The summed E-state index contributed by atoms with van der Waals surface area (Å²) in [5, 5.41) is 51.7. The molecule has 0 unspecified atom stereocenters. The first-order chi connectivity index (χ1) is 13.3. The van der Waals surface area contributed by atoms with Crippen LogP contribution in [0.25, 0.3) is 10.8 Å². The van der Waals surface area contributed by atoms with Crippen LogP contribution in [-0.4, -0.2) is 31.6 Å². The summed E-state index contributed by atoms with van der Waals surface area (Å²) >= 11 is 0. The predicted molar refractivity (Wildman–Crippen MR) is 101 cm³/mol. The molecule has 2 atom stereocenters. The van der Waals surface area contributed by atoms with Gasteiger partial charge in [0, 0.05) is 40.6 Å². The Morgan fingerprint density at radius 3 is 2.54 bits per heavy atom. The summed E-state index contributed by atoms with van der Waals surface area (Å²) in [5.74, 6) is -0.846. The van der Waals surface area contributed by atoms with Crippen LogP contribution in [0.4, 0.5) is 0 Å². The number of rotatable bonds is 1. The minimum Gasteiger partial charge on any atom is -0.508 e. The summed E-state index contributed by atoms with van der Waals surface area (Å²) in [6.45, 7) is 1.57. The topological polar surface area (TPSA) is 127 Å². The van der Waals surface area contributed by atoms with Gasteiger partial charge in [-0.3, -0.25) is 4.79 Å². The second kappa shape index (κ2) is 6.31. The minimum atomic E-state index is -1.08. The number of phenols is 3. The van der Waals surface area contributed by atoms with Crippen LogP contribution in [0.1, 0.15) is 22.8 Å². The zero-order chi connectivity index (χ0) is 20.2. The Kier molecular flexibility index (Phi) is 4.05. The highest BCUT2D eigenvalue weighted by Crippen LogP contribution is 2.44. The Hall–Kier alpha value is -3.45. The number of phenolic OH excluding ortho intramolecular Hbond substituents is 3. The number of hydrogen-bond acceptors (Lipinski definition) is 7. The smallest absolute Gasteiger partial charge is 0.220 e. The first-order valence-electron chi connectivity index (χ1n) is 8.66. The summed E-state index contributed by atoms with van der Waals surface area (Å²) in [7, 11) is 0. The summed E-state index contributed by atoms with van der Waals surface area (Å²) < 4.78 is 5.85. The molecule has 0 fully saturated rings. The first kappa shape index (κ1) is 17.9. The van der Waals surface area contributed by atoms with Crippen LogP contribution < -0.4 is 10.2 Å². The third-order valence-electron chi connectivity index (χ3n) is 5.11. The van der Waals surface area contributed by atoms with E-state index in [1.54, 1.807) is 13.0 Å². The number of aliphatic hydroxyl groups excluding tert-OH is 1. The number of aromatic hydroxyl groups is 4. The van der Waals surface area contributed by atoms with Crippen LogP contribution in [0, 0.1) is 6.92 Å². The SMILES string of the molecule is Cc1c(O)cc([C@@H]2Oc3cc(O)cc(O)c3C[C@@H]2O)c2cccc(=O)c(O)c12. The van der Waals surface area contributed by atoms with Crippen molar-refractivity contribution in [2.75, 3.05) is 0 Å². The average molecular weight is 382 g/mol. The number of aryl methyl sites for hydroxylation is 1. The number of hydrogen-bond donors (Lipinski definition) is 5. The first-order valence-corrected chi connectivity index (χ1v) is 8.66. The number of aliphatic hydroxyl groups is 1. The molecule has 1 aliphatic rings. The van der Waals surface area contributed by atoms with Gasteiger partial charge in [0.05, 0.1) is 6.10 Å². The van der Waals surface area contributed by atoms with Gasteiger partial charge in [-0.05, 0) is 24.4 Å². The highest BCUT2D eigenvalue weighted by atomic mass is 16.5. The molecule has 0 saturated heterocycles. The van der Waals surface area contributed by atoms with E-state index in [0.29, 0.717) is 22.1 Å². The van der Waals surface area contributed by atoms with Crippen LogP contribution in [-0.2, 0) is 6.42 Å². The van der Waals surface area contributed by atoms with E-state index < -0.39 is 23.4 Å². The average Bonchev–Trinajstić information content (AvgIpc) is 2.78. The molecule has 1 aliphatic heterocycles. The second-order valence-corrected chi connectivity index (χ2v) is 6.89. The van der Waals surface area contributed by atoms with Crippen LogP contribution in [0.15, 0.2) is 41.2 Å². The van der Waals surface area contributed by atoms with Gasteiger partial charge < -0.3 is 30.3 Å². The molecule has 28 heavy (non-hydrogen) atoms. The molecule has 3 aromatic rings. The minimum absolute atomic E-state index is 0.0555. The highest BCUT2D eigenvalue weighted by molar-refractivity contribution is 5.94. The Balaban J connectivity index is 1.97. The standard InChI is InChI=1S/C21H18O7/c1-9-15(24)7-12(11-3-2-4-14(23)20(27)19(9)11)21-17(26)8-13-16(25)5-10(22)6-18(13)28-21/h2-7,17,21-22,24-26H,8H2,1H3,(H,23,27)/t17-,21-/m0/s1. The molecule has 0 bridgehead atoms. The Bertz CT molecular complexity index is 1170. The maximum atomic E-state index is 12.0. The van der Waals surface area contributed by atoms with Crippen LogP contribution in [0.5, 0.6) is 28.7 Å². The zero-order valence-corrected chi connectivity index (χ0v) is 14.9. The fourth-order valence-electron chi connectivity index (χ4n) is 3.69. The molecular formula is C21H18O7. The van der Waals surface area contributed by atoms with Gasteiger partial charge in [0.2, 0.25) is 5.43 Å². The van der Waals surface area contributed by atoms with Crippen molar-refractivity contribution in [2.45, 2.75) is 25.6 Å². The normalized spacial score (nSPS) is 18.5. The summed E-state index contributed by atoms with van der Waals surface area (Å²) in [6.07, 6.45) is -1.98. The van der Waals surface area contributed by atoms with Crippen molar-refractivity contribution < 1.29 is 30.3 Å². The van der Waals surface area contributed by atoms with Crippen molar-refractivity contribution in [3.8, 4) is 28.7 Å². The lowest BCUT2D eigenvalue weighted by atomic mass is 9.90. The molecule has 0 aromatic heterocycles. The highest BCUT2D eigenvalue weighted by Gasteiger charge is 2.34. The van der Waals surface area contributed by atoms with Gasteiger partial charge in [-0.25, -0.2) is 0 Å². The molecule has 0 saturated carbocycles. The third kappa shape index (κ3) is 2.68. The van der Waals surface area contributed by atoms with Gasteiger partial charge >= 0.3 is 0 Å². The van der Waals surface area contributed by atoms with E-state index >= 15 is 0 Å². The fourth-order valence-corrected chi connectivity index (χ4v) is 3.69. The maximum absolute atomic E-state index is 12.0. The van der Waals surface area contributed by atoms with E-state index in [2.05, 4.69) is 0 Å². The number of benzene rings is 2. The molecule has 5 N–H and O–H groups in total. The molecule has 0 amide bonds. The fraction of sp³-hybridized carbons (Fsp3) is 0.190. The molecule has 7 nitrogen and oxygen atoms in total. The largest absolute Gasteiger partial charge is 0.508 e. The summed E-state index contributed by atoms with van der Waals surface area (Å²) in [4.78, 5) is 12.0. The van der Waals surface area contributed by atoms with Crippen molar-refractivity contribution >= 4 is 10.8 Å². The summed E-state index contributed by atoms with van der Waals surface area (Å²) in [6, 6.07) is 8.20. The molecule has 1 heterocycles. The van der Waals surface area contributed by atoms with E-state index in [1.165, 1.54) is 24.3 Å². The van der Waals surface area contributed by atoms with Gasteiger partial charge in [-0.15, -0.1) is 0 Å². The predicted octanol–water partition coefficient (Wildman–Crippen LogP) is 2.37. The van der Waals surface area contributed by atoms with E-state index in [1.807, 2.05) is 0 Å². The van der Waals surface area contributed by atoms with Crippen molar-refractivity contribution in [3.63, 3.8) is 0 Å². The molecule has 0 aliphatic carbocycles. The van der Waals surface area contributed by atoms with Gasteiger partial charge in [0.25, 0.3) is 0 Å². The van der Waals surface area contributed by atoms with E-state index in [9.17, 15) is 30.3 Å². The lowest BCUT2D eigenvalue weighted by molar-refractivity contribution is 0.0205. The van der Waals surface area contributed by atoms with Crippen LogP contribution in [0.3, 0.4) is 0 Å². The maximum Gasteiger partial charge on any atom is 0.220 e. The van der Waals surface area contributed by atoms with E-state index in [-0.39, 0.29) is 34.8 Å². The van der Waals surface area contributed by atoms with Gasteiger partial charge in [0.15, 0.2) is 11.9 Å². The Morgan fingerprint density at radius 2 is 1.79 bits per heavy atom. The Morgan fingerprint density at radius 1 is 1.04 bits per heavy atom. The van der Waals surface area contributed by atoms with Gasteiger partial charge in [-0.2, -0.15) is 0 Å². The van der Waals surface area contributed by atoms with Crippen molar-refractivity contribution in [1.29, 1.82) is 0 Å². The van der Waals surface area contributed by atoms with Crippen LogP contribution >= 0.6 is 0 Å². The van der Waals surface area contributed by atoms with Crippen molar-refractivity contribution in [3.05, 3.63) is 63.3 Å². The quantitative estimate of drug-likeness (QED) is 0.437. The van der Waals surface area contributed by atoms with Gasteiger partial charge in [-0.1, -0.05) is 12.1 Å². The number of ether oxygens (including phenoxy) is 1. The van der Waals surface area contributed by atoms with E-state index in [4.69, 9.17) is 4.74 Å². The molecule has 7 heteroatoms. The monoisotopic (exact) mass is 382 g/mol. The lowest BCUT2D eigenvalue weighted by Gasteiger charge is -2.32.